The summed E-state index contributed by atoms with van der Waals surface area (Å²) in [6.07, 6.45) is 0. The molecule has 0 N–H and O–H groups in total. The van der Waals surface area contributed by atoms with E-state index in [-0.39, 0.29) is 5.41 Å². The highest BCUT2D eigenvalue weighted by molar-refractivity contribution is 7.99. The third-order valence-corrected chi connectivity index (χ3v) is 6.61. The van der Waals surface area contributed by atoms with E-state index in [0.29, 0.717) is 13.2 Å². The van der Waals surface area contributed by atoms with E-state index in [4.69, 9.17) is 9.47 Å². The molecule has 4 aromatic rings. The van der Waals surface area contributed by atoms with Gasteiger partial charge in [-0.15, -0.1) is 10.2 Å². The molecule has 0 atom stereocenters. The second kappa shape index (κ2) is 11.0. The number of nitrogens with zero attached hydrogens (tertiary/aromatic N) is 3. The van der Waals surface area contributed by atoms with Crippen LogP contribution in [-0.4, -0.2) is 33.7 Å². The molecule has 6 heteroatoms. The molecule has 1 aromatic heterocycles. The fourth-order valence-electron chi connectivity index (χ4n) is 3.79. The van der Waals surface area contributed by atoms with Gasteiger partial charge in [0.05, 0.1) is 18.9 Å². The van der Waals surface area contributed by atoms with E-state index < -0.39 is 0 Å². The van der Waals surface area contributed by atoms with Crippen molar-refractivity contribution in [2.24, 2.45) is 0 Å². The molecule has 1 heterocycles. The highest BCUT2D eigenvalue weighted by atomic mass is 32.2. The molecule has 5 nitrogen and oxygen atoms in total. The van der Waals surface area contributed by atoms with Gasteiger partial charge in [-0.1, -0.05) is 75.0 Å². The van der Waals surface area contributed by atoms with E-state index in [9.17, 15) is 0 Å². The van der Waals surface area contributed by atoms with E-state index in [1.807, 2.05) is 31.2 Å². The van der Waals surface area contributed by atoms with E-state index in [1.54, 1.807) is 11.8 Å². The fourth-order valence-corrected chi connectivity index (χ4v) is 4.55. The number of aryl methyl sites for hydroxylation is 1. The van der Waals surface area contributed by atoms with Gasteiger partial charge in [-0.05, 0) is 60.7 Å². The summed E-state index contributed by atoms with van der Waals surface area (Å²) in [5.41, 5.74) is 4.71. The van der Waals surface area contributed by atoms with Crippen LogP contribution in [0.5, 0.6) is 11.5 Å². The largest absolute Gasteiger partial charge is 0.494 e. The summed E-state index contributed by atoms with van der Waals surface area (Å²) >= 11 is 1.64. The van der Waals surface area contributed by atoms with Gasteiger partial charge >= 0.3 is 0 Å². The summed E-state index contributed by atoms with van der Waals surface area (Å²) in [5, 5.41) is 10.0. The molecule has 0 amide bonds. The molecule has 0 aliphatic heterocycles. The molecule has 0 spiro atoms. The number of aromatic nitrogens is 3. The maximum absolute atomic E-state index is 5.93. The summed E-state index contributed by atoms with van der Waals surface area (Å²) in [7, 11) is 0. The van der Waals surface area contributed by atoms with Crippen molar-refractivity contribution in [3.05, 3.63) is 83.9 Å². The average Bonchev–Trinajstić information content (AvgIpc) is 3.26. The van der Waals surface area contributed by atoms with Gasteiger partial charge in [0.1, 0.15) is 11.5 Å². The molecule has 35 heavy (non-hydrogen) atoms. The van der Waals surface area contributed by atoms with Crippen molar-refractivity contribution >= 4 is 11.8 Å². The normalized spacial score (nSPS) is 11.5. The standard InChI is InChI=1S/C29H33N3O2S/c1-6-33-24-15-17-25(18-16-24)34-19-20-35-28-31-30-27(32(28)26-10-8-7-9-21(26)2)22-11-13-23(14-12-22)29(3,4)5/h7-18H,6,19-20H2,1-5H3. The average molecular weight is 488 g/mol. The number of thioether (sulfide) groups is 1. The number of rotatable bonds is 9. The monoisotopic (exact) mass is 487 g/mol. The SMILES string of the molecule is CCOc1ccc(OCCSc2nnc(-c3ccc(C(C)(C)C)cc3)n2-c2ccccc2C)cc1. The third kappa shape index (κ3) is 6.06. The van der Waals surface area contributed by atoms with Gasteiger partial charge in [-0.3, -0.25) is 4.57 Å². The Kier molecular flexibility index (Phi) is 7.81. The van der Waals surface area contributed by atoms with E-state index in [0.717, 1.165) is 39.5 Å². The van der Waals surface area contributed by atoms with Crippen LogP contribution in [0.2, 0.25) is 0 Å². The van der Waals surface area contributed by atoms with Gasteiger partial charge in [-0.2, -0.15) is 0 Å². The van der Waals surface area contributed by atoms with E-state index in [1.165, 1.54) is 11.1 Å². The Bertz CT molecular complexity index is 1240. The van der Waals surface area contributed by atoms with Crippen LogP contribution >= 0.6 is 11.8 Å². The topological polar surface area (TPSA) is 49.2 Å². The summed E-state index contributed by atoms with van der Waals surface area (Å²) < 4.78 is 13.6. The summed E-state index contributed by atoms with van der Waals surface area (Å²) in [4.78, 5) is 0. The van der Waals surface area contributed by atoms with Gasteiger partial charge in [0, 0.05) is 11.3 Å². The predicted molar refractivity (Wildman–Crippen MR) is 144 cm³/mol. The molecule has 4 rings (SSSR count). The van der Waals surface area contributed by atoms with Crippen molar-refractivity contribution < 1.29 is 9.47 Å². The first-order valence-corrected chi connectivity index (χ1v) is 13.0. The van der Waals surface area contributed by atoms with Crippen LogP contribution in [0.15, 0.2) is 78.0 Å². The molecule has 0 fully saturated rings. The summed E-state index contributed by atoms with van der Waals surface area (Å²) in [6.45, 7) is 12.0. The molecule has 0 saturated heterocycles. The molecule has 182 valence electrons. The van der Waals surface area contributed by atoms with Crippen LogP contribution < -0.4 is 9.47 Å². The van der Waals surface area contributed by atoms with Gasteiger partial charge in [0.25, 0.3) is 0 Å². The smallest absolute Gasteiger partial charge is 0.196 e. The highest BCUT2D eigenvalue weighted by Crippen LogP contribution is 2.31. The predicted octanol–water partition coefficient (Wildman–Crippen LogP) is 7.11. The van der Waals surface area contributed by atoms with Crippen LogP contribution in [0, 0.1) is 6.92 Å². The van der Waals surface area contributed by atoms with Crippen molar-refractivity contribution in [3.63, 3.8) is 0 Å². The highest BCUT2D eigenvalue weighted by Gasteiger charge is 2.19. The minimum Gasteiger partial charge on any atom is -0.494 e. The van der Waals surface area contributed by atoms with Crippen LogP contribution in [-0.2, 0) is 5.41 Å². The molecule has 0 saturated carbocycles. The van der Waals surface area contributed by atoms with Crippen molar-refractivity contribution in [2.75, 3.05) is 19.0 Å². The van der Waals surface area contributed by atoms with Crippen LogP contribution in [0.1, 0.15) is 38.8 Å². The lowest BCUT2D eigenvalue weighted by Gasteiger charge is -2.19. The zero-order valence-electron chi connectivity index (χ0n) is 21.1. The number of hydrogen-bond donors (Lipinski definition) is 0. The Morgan fingerprint density at radius 3 is 2.11 bits per heavy atom. The zero-order chi connectivity index (χ0) is 24.8. The number of hydrogen-bond acceptors (Lipinski definition) is 5. The first-order chi connectivity index (χ1) is 16.9. The molecular weight excluding hydrogens is 454 g/mol. The Hall–Kier alpha value is -3.25. The maximum Gasteiger partial charge on any atom is 0.196 e. The van der Waals surface area contributed by atoms with Crippen LogP contribution in [0.25, 0.3) is 17.1 Å². The second-order valence-corrected chi connectivity index (χ2v) is 10.4. The van der Waals surface area contributed by atoms with Crippen LogP contribution in [0.3, 0.4) is 0 Å². The van der Waals surface area contributed by atoms with Crippen molar-refractivity contribution in [2.45, 2.75) is 45.2 Å². The lowest BCUT2D eigenvalue weighted by molar-refractivity contribution is 0.332. The van der Waals surface area contributed by atoms with Gasteiger partial charge in [0.15, 0.2) is 11.0 Å². The van der Waals surface area contributed by atoms with Crippen molar-refractivity contribution in [3.8, 4) is 28.6 Å². The molecule has 0 aliphatic carbocycles. The Morgan fingerprint density at radius 1 is 0.829 bits per heavy atom. The number of benzene rings is 3. The van der Waals surface area contributed by atoms with Gasteiger partial charge in [-0.25, -0.2) is 0 Å². The molecule has 0 aliphatic rings. The lowest BCUT2D eigenvalue weighted by Crippen LogP contribution is -2.10. The van der Waals surface area contributed by atoms with Crippen molar-refractivity contribution in [1.29, 1.82) is 0 Å². The minimum atomic E-state index is 0.104. The van der Waals surface area contributed by atoms with E-state index in [2.05, 4.69) is 91.0 Å². The minimum absolute atomic E-state index is 0.104. The van der Waals surface area contributed by atoms with Gasteiger partial charge < -0.3 is 9.47 Å². The summed E-state index contributed by atoms with van der Waals surface area (Å²) in [5.74, 6) is 3.27. The summed E-state index contributed by atoms with van der Waals surface area (Å²) in [6, 6.07) is 24.7. The Balaban J connectivity index is 1.53. The molecule has 3 aromatic carbocycles. The fraction of sp³-hybridized carbons (Fsp3) is 0.310. The van der Waals surface area contributed by atoms with Crippen molar-refractivity contribution in [1.82, 2.24) is 14.8 Å². The first kappa shape index (κ1) is 24.9. The zero-order valence-corrected chi connectivity index (χ0v) is 21.9. The second-order valence-electron chi connectivity index (χ2n) is 9.36. The lowest BCUT2D eigenvalue weighted by atomic mass is 9.87. The number of ether oxygens (including phenoxy) is 2. The molecule has 0 radical (unpaired) electrons. The maximum atomic E-state index is 5.93. The van der Waals surface area contributed by atoms with Gasteiger partial charge in [0.2, 0.25) is 0 Å². The van der Waals surface area contributed by atoms with E-state index >= 15 is 0 Å². The number of para-hydroxylation sites is 1. The Labute approximate surface area is 212 Å². The molecule has 0 unspecified atom stereocenters. The van der Waals surface area contributed by atoms with Crippen LogP contribution in [0.4, 0.5) is 0 Å². The third-order valence-electron chi connectivity index (χ3n) is 5.72. The first-order valence-electron chi connectivity index (χ1n) is 12.0. The quantitative estimate of drug-likeness (QED) is 0.186. The Morgan fingerprint density at radius 2 is 1.49 bits per heavy atom. The molecular formula is C29H33N3O2S. The molecule has 0 bridgehead atoms.